The van der Waals surface area contributed by atoms with E-state index >= 15 is 0 Å². The Bertz CT molecular complexity index is 1210. The third-order valence-corrected chi connectivity index (χ3v) is 7.50. The lowest BCUT2D eigenvalue weighted by molar-refractivity contribution is -0.204. The van der Waals surface area contributed by atoms with Crippen molar-refractivity contribution in [2.24, 2.45) is 0 Å². The highest BCUT2D eigenvalue weighted by atomic mass is 19.1. The summed E-state index contributed by atoms with van der Waals surface area (Å²) in [4.78, 5) is 79.6. The molecule has 3 aliphatic rings. The van der Waals surface area contributed by atoms with Gasteiger partial charge in [-0.25, -0.2) is 4.79 Å². The van der Waals surface area contributed by atoms with Crippen molar-refractivity contribution in [3.8, 4) is 0 Å². The first-order chi connectivity index (χ1) is 17.6. The van der Waals surface area contributed by atoms with Gasteiger partial charge < -0.3 is 14.6 Å². The van der Waals surface area contributed by atoms with Crippen molar-refractivity contribution >= 4 is 23.3 Å². The number of hydrogen-bond acceptors (Lipinski definition) is 9. The van der Waals surface area contributed by atoms with Crippen LogP contribution in [0.4, 0.5) is 4.39 Å². The zero-order valence-corrected chi connectivity index (χ0v) is 20.5. The number of carbonyl (C=O) groups is 4. The number of aromatic amines is 1. The van der Waals surface area contributed by atoms with Gasteiger partial charge in [-0.1, -0.05) is 25.7 Å². The SMILES string of the molecule is O=C1CCCCCCC(=O)C2(O1)C(=O)CCCCCCC(=O)[C@]1(O)C[C@H](n3cc(F)c(=O)[nH]c3=O)O[C@H]21. The standard InChI is InChI=1S/C25H31FN2O9/c26-15-14-28(23(34)27-21(15)33)19-13-24(35)16(29)9-5-1-2-6-10-17(30)25(22(24)36-19)18(31)11-7-3-4-8-12-20(32)37-25/h14,19,22,35H,1-13H2,(H,27,33,34)/t19-,22+,24-,25?/m1/s1. The maximum atomic E-state index is 14.1. The minimum atomic E-state index is -2.61. The highest BCUT2D eigenvalue weighted by Gasteiger charge is 2.68. The average Bonchev–Trinajstić information content (AvgIpc) is 3.21. The fourth-order valence-corrected chi connectivity index (χ4v) is 5.49. The lowest BCUT2D eigenvalue weighted by Crippen LogP contribution is -2.67. The number of halogens is 1. The van der Waals surface area contributed by atoms with Crippen molar-refractivity contribution in [2.45, 2.75) is 107 Å². The zero-order chi connectivity index (χ0) is 26.8. The van der Waals surface area contributed by atoms with Crippen LogP contribution in [-0.4, -0.2) is 55.3 Å². The Kier molecular flexibility index (Phi) is 7.88. The molecule has 1 aromatic heterocycles. The van der Waals surface area contributed by atoms with Crippen molar-refractivity contribution in [1.29, 1.82) is 0 Å². The lowest BCUT2D eigenvalue weighted by Gasteiger charge is -2.40. The van der Waals surface area contributed by atoms with Gasteiger partial charge in [-0.3, -0.25) is 33.5 Å². The predicted octanol–water partition coefficient (Wildman–Crippen LogP) is 1.39. The molecule has 1 aliphatic carbocycles. The second-order valence-electron chi connectivity index (χ2n) is 10.1. The molecule has 0 radical (unpaired) electrons. The number of nitrogens with zero attached hydrogens (tertiary/aromatic N) is 1. The second kappa shape index (κ2) is 10.8. The first-order valence-electron chi connectivity index (χ1n) is 12.8. The lowest BCUT2D eigenvalue weighted by atomic mass is 9.73. The Morgan fingerprint density at radius 2 is 1.38 bits per heavy atom. The van der Waals surface area contributed by atoms with E-state index in [-0.39, 0.29) is 25.7 Å². The van der Waals surface area contributed by atoms with Crippen LogP contribution < -0.4 is 11.2 Å². The third kappa shape index (κ3) is 5.08. The predicted molar refractivity (Wildman–Crippen MR) is 124 cm³/mol. The third-order valence-electron chi connectivity index (χ3n) is 7.50. The molecule has 1 spiro atoms. The van der Waals surface area contributed by atoms with Gasteiger partial charge in [0.25, 0.3) is 11.2 Å². The van der Waals surface area contributed by atoms with Gasteiger partial charge in [0.1, 0.15) is 6.23 Å². The van der Waals surface area contributed by atoms with Crippen molar-refractivity contribution in [1.82, 2.24) is 9.55 Å². The molecule has 2 N–H and O–H groups in total. The highest BCUT2D eigenvalue weighted by Crippen LogP contribution is 2.46. The quantitative estimate of drug-likeness (QED) is 0.410. The summed E-state index contributed by atoms with van der Waals surface area (Å²) < 4.78 is 26.3. The van der Waals surface area contributed by atoms with Gasteiger partial charge in [-0.05, 0) is 25.7 Å². The van der Waals surface area contributed by atoms with E-state index in [1.165, 1.54) is 0 Å². The molecule has 12 heteroatoms. The summed E-state index contributed by atoms with van der Waals surface area (Å²) in [5.41, 5.74) is -7.46. The number of hydrogen-bond donors (Lipinski definition) is 2. The van der Waals surface area contributed by atoms with E-state index in [1.807, 2.05) is 0 Å². The van der Waals surface area contributed by atoms with Crippen LogP contribution in [0.5, 0.6) is 0 Å². The number of carbonyl (C=O) groups excluding carboxylic acids is 4. The number of rotatable bonds is 1. The number of H-pyrrole nitrogens is 1. The Balaban J connectivity index is 1.89. The number of ether oxygens (including phenoxy) is 2. The molecule has 4 rings (SSSR count). The Hall–Kier alpha value is -2.99. The van der Waals surface area contributed by atoms with Crippen LogP contribution in [-0.2, 0) is 28.7 Å². The van der Waals surface area contributed by atoms with Crippen LogP contribution in [0.3, 0.4) is 0 Å². The van der Waals surface area contributed by atoms with Crippen LogP contribution >= 0.6 is 0 Å². The van der Waals surface area contributed by atoms with Gasteiger partial charge in [0.15, 0.2) is 29.1 Å². The maximum Gasteiger partial charge on any atom is 0.330 e. The minimum Gasteiger partial charge on any atom is -0.440 e. The average molecular weight is 523 g/mol. The molecule has 3 heterocycles. The van der Waals surface area contributed by atoms with Gasteiger partial charge in [-0.2, -0.15) is 4.39 Å². The second-order valence-corrected chi connectivity index (χ2v) is 10.1. The van der Waals surface area contributed by atoms with E-state index in [0.717, 1.165) is 0 Å². The largest absolute Gasteiger partial charge is 0.440 e. The Labute approximate surface area is 211 Å². The van der Waals surface area contributed by atoms with Gasteiger partial charge in [0.05, 0.1) is 6.20 Å². The number of fused-ring (bicyclic) bond motifs is 2. The monoisotopic (exact) mass is 522 g/mol. The van der Waals surface area contributed by atoms with Crippen LogP contribution in [0.15, 0.2) is 15.8 Å². The number of ketones is 3. The first-order valence-corrected chi connectivity index (χ1v) is 12.8. The normalized spacial score (nSPS) is 32.5. The zero-order valence-electron chi connectivity index (χ0n) is 20.5. The smallest absolute Gasteiger partial charge is 0.330 e. The van der Waals surface area contributed by atoms with E-state index in [9.17, 15) is 38.3 Å². The Morgan fingerprint density at radius 3 is 1.97 bits per heavy atom. The Morgan fingerprint density at radius 1 is 0.838 bits per heavy atom. The van der Waals surface area contributed by atoms with Crippen molar-refractivity contribution in [2.75, 3.05) is 0 Å². The molecule has 1 unspecified atom stereocenters. The number of esters is 1. The summed E-state index contributed by atoms with van der Waals surface area (Å²) in [7, 11) is 0. The van der Waals surface area contributed by atoms with E-state index in [1.54, 1.807) is 4.98 Å². The van der Waals surface area contributed by atoms with Crippen molar-refractivity contribution in [3.05, 3.63) is 32.9 Å². The van der Waals surface area contributed by atoms with Crippen molar-refractivity contribution in [3.63, 3.8) is 0 Å². The van der Waals surface area contributed by atoms with Gasteiger partial charge in [-0.15, -0.1) is 0 Å². The summed E-state index contributed by atoms with van der Waals surface area (Å²) in [6.45, 7) is 0. The van der Waals surface area contributed by atoms with E-state index in [0.29, 0.717) is 62.1 Å². The number of nitrogens with one attached hydrogen (secondary N) is 1. The van der Waals surface area contributed by atoms with Crippen molar-refractivity contribution < 1.29 is 38.1 Å². The fraction of sp³-hybridized carbons (Fsp3) is 0.680. The van der Waals surface area contributed by atoms with Gasteiger partial charge in [0, 0.05) is 32.1 Å². The molecular weight excluding hydrogens is 491 g/mol. The molecule has 0 aromatic carbocycles. The molecule has 3 fully saturated rings. The van der Waals surface area contributed by atoms with Crippen LogP contribution in [0.1, 0.15) is 89.7 Å². The van der Waals surface area contributed by atoms with E-state index in [4.69, 9.17) is 9.47 Å². The maximum absolute atomic E-state index is 14.1. The minimum absolute atomic E-state index is 0.0740. The summed E-state index contributed by atoms with van der Waals surface area (Å²) in [5.74, 6) is -4.47. The molecule has 1 aromatic rings. The molecular formula is C25H31FN2O9. The van der Waals surface area contributed by atoms with Crippen LogP contribution in [0, 0.1) is 5.82 Å². The van der Waals surface area contributed by atoms with Gasteiger partial charge in [0.2, 0.25) is 5.82 Å². The first kappa shape index (κ1) is 27.1. The molecule has 202 valence electrons. The fourth-order valence-electron chi connectivity index (χ4n) is 5.49. The summed E-state index contributed by atoms with van der Waals surface area (Å²) in [6.07, 6.45) is 0.125. The molecule has 0 amide bonds. The van der Waals surface area contributed by atoms with E-state index in [2.05, 4.69) is 0 Å². The molecule has 2 saturated heterocycles. The van der Waals surface area contributed by atoms with Gasteiger partial charge >= 0.3 is 11.7 Å². The summed E-state index contributed by atoms with van der Waals surface area (Å²) in [5, 5.41) is 11.8. The van der Waals surface area contributed by atoms with E-state index < -0.39 is 70.3 Å². The topological polar surface area (TPSA) is 162 Å². The molecule has 37 heavy (non-hydrogen) atoms. The van der Waals surface area contributed by atoms with Crippen LogP contribution in [0.25, 0.3) is 0 Å². The highest BCUT2D eigenvalue weighted by molar-refractivity contribution is 6.13. The number of Topliss-reactive ketones (excluding diaryl/α,β-unsaturated/α-hetero) is 3. The molecule has 1 saturated carbocycles. The molecule has 11 nitrogen and oxygen atoms in total. The molecule has 4 atom stereocenters. The van der Waals surface area contributed by atoms with Crippen LogP contribution in [0.2, 0.25) is 0 Å². The number of aliphatic hydroxyl groups is 1. The molecule has 0 bridgehead atoms. The molecule has 2 aliphatic heterocycles. The number of aromatic nitrogens is 2. The summed E-state index contributed by atoms with van der Waals surface area (Å²) in [6, 6.07) is 0. The summed E-state index contributed by atoms with van der Waals surface area (Å²) >= 11 is 0.